The molecule has 0 radical (unpaired) electrons. The van der Waals surface area contributed by atoms with Crippen LogP contribution in [-0.2, 0) is 6.54 Å². The van der Waals surface area contributed by atoms with Crippen LogP contribution in [0.1, 0.15) is 36.7 Å². The second-order valence-corrected chi connectivity index (χ2v) is 4.26. The van der Waals surface area contributed by atoms with E-state index in [4.69, 9.17) is 5.26 Å². The summed E-state index contributed by atoms with van der Waals surface area (Å²) in [5.74, 6) is -0.0121. The highest BCUT2D eigenvalue weighted by Crippen LogP contribution is 2.19. The third-order valence-corrected chi connectivity index (χ3v) is 2.90. The maximum absolute atomic E-state index is 11.5. The topological polar surface area (TPSA) is 58.7 Å². The Morgan fingerprint density at radius 2 is 2.17 bits per heavy atom. The van der Waals surface area contributed by atoms with Gasteiger partial charge in [0.05, 0.1) is 11.6 Å². The molecule has 0 saturated carbocycles. The Hall–Kier alpha value is -2.15. The van der Waals surface area contributed by atoms with E-state index in [-0.39, 0.29) is 5.78 Å². The van der Waals surface area contributed by atoms with E-state index in [1.54, 1.807) is 0 Å². The molecule has 0 fully saturated rings. The average Bonchev–Trinajstić information content (AvgIpc) is 2.74. The van der Waals surface area contributed by atoms with Crippen LogP contribution in [0.3, 0.4) is 0 Å². The highest BCUT2D eigenvalue weighted by Gasteiger charge is 2.12. The van der Waals surface area contributed by atoms with Gasteiger partial charge in [0.15, 0.2) is 5.78 Å². The summed E-state index contributed by atoms with van der Waals surface area (Å²) in [6.45, 7) is 2.28. The maximum atomic E-state index is 11.5. The number of benzene rings is 1. The molecule has 0 atom stereocenters. The van der Waals surface area contributed by atoms with E-state index in [1.807, 2.05) is 28.9 Å². The van der Waals surface area contributed by atoms with Gasteiger partial charge >= 0.3 is 0 Å². The molecule has 1 aromatic carbocycles. The first kappa shape index (κ1) is 12.3. The molecule has 4 heteroatoms. The number of aryl methyl sites for hydroxylation is 1. The first-order chi connectivity index (χ1) is 8.74. The number of carbonyl (C=O) groups is 1. The molecule has 2 aromatic rings. The number of hydrogen-bond acceptors (Lipinski definition) is 3. The summed E-state index contributed by atoms with van der Waals surface area (Å²) in [6, 6.07) is 9.88. The van der Waals surface area contributed by atoms with Crippen molar-refractivity contribution in [2.24, 2.45) is 0 Å². The van der Waals surface area contributed by atoms with Crippen molar-refractivity contribution in [1.29, 1.82) is 5.26 Å². The van der Waals surface area contributed by atoms with Gasteiger partial charge in [0.25, 0.3) is 0 Å². The molecule has 92 valence electrons. The molecule has 1 aromatic heterocycles. The molecule has 0 amide bonds. The molecule has 0 unspecified atom stereocenters. The molecule has 0 aliphatic heterocycles. The summed E-state index contributed by atoms with van der Waals surface area (Å²) in [4.78, 5) is 11.5. The van der Waals surface area contributed by atoms with Gasteiger partial charge in [-0.25, -0.2) is 0 Å². The van der Waals surface area contributed by atoms with Crippen molar-refractivity contribution in [2.75, 3.05) is 0 Å². The summed E-state index contributed by atoms with van der Waals surface area (Å²) in [5, 5.41) is 13.8. The molecule has 0 aliphatic carbocycles. The Balaban J connectivity index is 2.28. The Labute approximate surface area is 106 Å². The van der Waals surface area contributed by atoms with Crippen LogP contribution >= 0.6 is 0 Å². The Kier molecular flexibility index (Phi) is 3.73. The van der Waals surface area contributed by atoms with E-state index in [2.05, 4.69) is 11.2 Å². The number of hydrogen-bond donors (Lipinski definition) is 0. The van der Waals surface area contributed by atoms with Gasteiger partial charge in [0.1, 0.15) is 5.69 Å². The summed E-state index contributed by atoms with van der Waals surface area (Å²) in [5.41, 5.74) is 1.52. The third kappa shape index (κ3) is 2.40. The van der Waals surface area contributed by atoms with Crippen LogP contribution in [0.5, 0.6) is 0 Å². The number of aromatic nitrogens is 2. The molecule has 0 N–H and O–H groups in total. The molecular weight excluding hydrogens is 226 g/mol. The molecular formula is C14H15N3O. The Morgan fingerprint density at radius 1 is 1.39 bits per heavy atom. The summed E-state index contributed by atoms with van der Waals surface area (Å²) in [7, 11) is 0. The number of nitrogens with zero attached hydrogens (tertiary/aromatic N) is 3. The van der Waals surface area contributed by atoms with Crippen LogP contribution in [0, 0.1) is 11.3 Å². The minimum absolute atomic E-state index is 0.0121. The van der Waals surface area contributed by atoms with Gasteiger partial charge in [0.2, 0.25) is 0 Å². The van der Waals surface area contributed by atoms with Crippen molar-refractivity contribution in [3.8, 4) is 6.07 Å². The van der Waals surface area contributed by atoms with E-state index in [0.717, 1.165) is 30.3 Å². The summed E-state index contributed by atoms with van der Waals surface area (Å²) >= 11 is 0. The van der Waals surface area contributed by atoms with Crippen LogP contribution in [0.25, 0.3) is 10.9 Å². The zero-order valence-electron chi connectivity index (χ0n) is 10.4. The minimum Gasteiger partial charge on any atom is -0.293 e. The fourth-order valence-corrected chi connectivity index (χ4v) is 2.02. The number of nitriles is 1. The van der Waals surface area contributed by atoms with Crippen LogP contribution in [-0.4, -0.2) is 15.6 Å². The largest absolute Gasteiger partial charge is 0.293 e. The van der Waals surface area contributed by atoms with Crippen LogP contribution in [0.4, 0.5) is 0 Å². The maximum Gasteiger partial charge on any atom is 0.180 e. The second-order valence-electron chi connectivity index (χ2n) is 4.26. The van der Waals surface area contributed by atoms with Crippen molar-refractivity contribution in [1.82, 2.24) is 9.78 Å². The predicted octanol–water partition coefficient (Wildman–Crippen LogP) is 2.93. The number of fused-ring (bicyclic) bond motifs is 1. The van der Waals surface area contributed by atoms with Crippen molar-refractivity contribution >= 4 is 16.7 Å². The lowest BCUT2D eigenvalue weighted by Crippen LogP contribution is -2.02. The number of ketones is 1. The van der Waals surface area contributed by atoms with Crippen LogP contribution in [0.15, 0.2) is 24.3 Å². The summed E-state index contributed by atoms with van der Waals surface area (Å²) < 4.78 is 1.86. The molecule has 0 spiro atoms. The number of rotatable bonds is 5. The van der Waals surface area contributed by atoms with Gasteiger partial charge in [-0.15, -0.1) is 0 Å². The summed E-state index contributed by atoms with van der Waals surface area (Å²) in [6.07, 6.45) is 2.33. The zero-order chi connectivity index (χ0) is 13.0. The highest BCUT2D eigenvalue weighted by atomic mass is 16.1. The van der Waals surface area contributed by atoms with Crippen molar-refractivity contribution in [3.05, 3.63) is 30.0 Å². The molecule has 0 aliphatic rings. The number of para-hydroxylation sites is 1. The predicted molar refractivity (Wildman–Crippen MR) is 69.2 cm³/mol. The van der Waals surface area contributed by atoms with E-state index in [0.29, 0.717) is 12.1 Å². The fourth-order valence-electron chi connectivity index (χ4n) is 2.02. The van der Waals surface area contributed by atoms with Gasteiger partial charge in [-0.05, 0) is 18.9 Å². The minimum atomic E-state index is -0.0121. The fraction of sp³-hybridized carbons (Fsp3) is 0.357. The Bertz CT molecular complexity index is 607. The number of unbranched alkanes of at least 4 members (excludes halogenated alkanes) is 2. The van der Waals surface area contributed by atoms with Gasteiger partial charge in [-0.1, -0.05) is 18.2 Å². The normalized spacial score (nSPS) is 10.4. The smallest absolute Gasteiger partial charge is 0.180 e. The standard InChI is InChI=1S/C14H15N3O/c1-11(18)14-12-7-3-4-8-13(12)17(16-14)10-6-2-5-9-15/h3-4,7-8H,2,5-6,10H2,1H3. The number of Topliss-reactive ketones (excluding diaryl/α,β-unsaturated/α-hetero) is 1. The van der Waals surface area contributed by atoms with Crippen molar-refractivity contribution < 1.29 is 4.79 Å². The SMILES string of the molecule is CC(=O)c1nn(CCCCC#N)c2ccccc12. The van der Waals surface area contributed by atoms with Gasteiger partial charge < -0.3 is 0 Å². The van der Waals surface area contributed by atoms with E-state index in [9.17, 15) is 4.79 Å². The van der Waals surface area contributed by atoms with Crippen LogP contribution < -0.4 is 0 Å². The van der Waals surface area contributed by atoms with Gasteiger partial charge in [-0.3, -0.25) is 9.48 Å². The first-order valence-electron chi connectivity index (χ1n) is 6.07. The monoisotopic (exact) mass is 241 g/mol. The molecule has 0 saturated heterocycles. The Morgan fingerprint density at radius 3 is 2.89 bits per heavy atom. The van der Waals surface area contributed by atoms with Gasteiger partial charge in [0, 0.05) is 25.3 Å². The third-order valence-electron chi connectivity index (χ3n) is 2.90. The van der Waals surface area contributed by atoms with Crippen LogP contribution in [0.2, 0.25) is 0 Å². The van der Waals surface area contributed by atoms with E-state index in [1.165, 1.54) is 6.92 Å². The van der Waals surface area contributed by atoms with E-state index >= 15 is 0 Å². The zero-order valence-corrected chi connectivity index (χ0v) is 10.4. The quantitative estimate of drug-likeness (QED) is 0.597. The highest BCUT2D eigenvalue weighted by molar-refractivity contribution is 6.04. The second kappa shape index (κ2) is 5.46. The average molecular weight is 241 g/mol. The molecule has 4 nitrogen and oxygen atoms in total. The lowest BCUT2D eigenvalue weighted by molar-refractivity contribution is 0.101. The lowest BCUT2D eigenvalue weighted by atomic mass is 10.1. The molecule has 1 heterocycles. The van der Waals surface area contributed by atoms with E-state index < -0.39 is 0 Å². The number of carbonyl (C=O) groups excluding carboxylic acids is 1. The molecule has 0 bridgehead atoms. The van der Waals surface area contributed by atoms with Crippen molar-refractivity contribution in [2.45, 2.75) is 32.7 Å². The van der Waals surface area contributed by atoms with Gasteiger partial charge in [-0.2, -0.15) is 10.4 Å². The molecule has 2 rings (SSSR count). The van der Waals surface area contributed by atoms with Crippen molar-refractivity contribution in [3.63, 3.8) is 0 Å². The molecule has 18 heavy (non-hydrogen) atoms. The lowest BCUT2D eigenvalue weighted by Gasteiger charge is -2.01. The first-order valence-corrected chi connectivity index (χ1v) is 6.07.